The topological polar surface area (TPSA) is 38.8 Å². The highest BCUT2D eigenvalue weighted by Gasteiger charge is 2.28. The van der Waals surface area contributed by atoms with Crippen molar-refractivity contribution in [1.82, 2.24) is 15.1 Å². The summed E-state index contributed by atoms with van der Waals surface area (Å²) in [5.41, 5.74) is 3.23. The first-order chi connectivity index (χ1) is 15.5. The van der Waals surface area contributed by atoms with Crippen molar-refractivity contribution in [3.63, 3.8) is 0 Å². The summed E-state index contributed by atoms with van der Waals surface area (Å²) < 4.78 is 13.4. The van der Waals surface area contributed by atoms with Crippen LogP contribution in [0.1, 0.15) is 30.9 Å². The Bertz CT molecular complexity index is 895. The van der Waals surface area contributed by atoms with E-state index >= 15 is 0 Å². The molecule has 172 valence electrons. The highest BCUT2D eigenvalue weighted by Crippen LogP contribution is 2.24. The standard InChI is InChI=1S/C26H35FN4O/c1-20-17-31(15-12-28-20)18-21-6-8-25(9-7-21)29(2)26(32)23-10-13-30(14-11-23)19-22-4-3-5-24(27)16-22/h3-9,16,20,23,28H,10-15,17-19H2,1-2H3/t20-/m0/s1. The first-order valence-corrected chi connectivity index (χ1v) is 11.8. The molecule has 2 aromatic rings. The van der Waals surface area contributed by atoms with Crippen molar-refractivity contribution < 1.29 is 9.18 Å². The van der Waals surface area contributed by atoms with Gasteiger partial charge in [-0.15, -0.1) is 0 Å². The highest BCUT2D eigenvalue weighted by molar-refractivity contribution is 5.94. The molecule has 0 aromatic heterocycles. The third kappa shape index (κ3) is 5.94. The van der Waals surface area contributed by atoms with E-state index in [1.807, 2.05) is 18.0 Å². The Balaban J connectivity index is 1.27. The van der Waals surface area contributed by atoms with Gasteiger partial charge in [0.25, 0.3) is 0 Å². The average molecular weight is 439 g/mol. The number of carbonyl (C=O) groups excluding carboxylic acids is 1. The number of hydrogen-bond donors (Lipinski definition) is 1. The van der Waals surface area contributed by atoms with Gasteiger partial charge in [-0.1, -0.05) is 24.3 Å². The fourth-order valence-electron chi connectivity index (χ4n) is 4.87. The molecule has 6 heteroatoms. The molecule has 0 aliphatic carbocycles. The molecule has 1 amide bonds. The maximum atomic E-state index is 13.4. The van der Waals surface area contributed by atoms with Crippen LogP contribution >= 0.6 is 0 Å². The predicted octanol–water partition coefficient (Wildman–Crippen LogP) is 3.49. The molecule has 32 heavy (non-hydrogen) atoms. The fourth-order valence-corrected chi connectivity index (χ4v) is 4.87. The van der Waals surface area contributed by atoms with Crippen molar-refractivity contribution in [1.29, 1.82) is 0 Å². The molecule has 0 bridgehead atoms. The lowest BCUT2D eigenvalue weighted by molar-refractivity contribution is -0.123. The van der Waals surface area contributed by atoms with Crippen molar-refractivity contribution in [2.45, 2.75) is 38.9 Å². The van der Waals surface area contributed by atoms with E-state index in [-0.39, 0.29) is 17.6 Å². The van der Waals surface area contributed by atoms with Gasteiger partial charge in [-0.25, -0.2) is 4.39 Å². The van der Waals surface area contributed by atoms with Gasteiger partial charge in [0.2, 0.25) is 5.91 Å². The van der Waals surface area contributed by atoms with Gasteiger partial charge in [-0.05, 0) is 68.2 Å². The Morgan fingerprint density at radius 2 is 1.75 bits per heavy atom. The second kappa shape index (κ2) is 10.6. The lowest BCUT2D eigenvalue weighted by Gasteiger charge is -2.33. The lowest BCUT2D eigenvalue weighted by Crippen LogP contribution is -2.48. The van der Waals surface area contributed by atoms with E-state index in [4.69, 9.17) is 0 Å². The maximum Gasteiger partial charge on any atom is 0.229 e. The highest BCUT2D eigenvalue weighted by atomic mass is 19.1. The molecule has 2 aromatic carbocycles. The monoisotopic (exact) mass is 438 g/mol. The number of benzene rings is 2. The molecule has 1 atom stereocenters. The number of piperazine rings is 1. The second-order valence-electron chi connectivity index (χ2n) is 9.33. The number of amides is 1. The number of carbonyl (C=O) groups is 1. The molecule has 0 spiro atoms. The molecule has 0 radical (unpaired) electrons. The Kier molecular flexibility index (Phi) is 7.55. The smallest absolute Gasteiger partial charge is 0.229 e. The molecular weight excluding hydrogens is 403 g/mol. The van der Waals surface area contributed by atoms with E-state index in [0.29, 0.717) is 6.04 Å². The van der Waals surface area contributed by atoms with E-state index < -0.39 is 0 Å². The van der Waals surface area contributed by atoms with Crippen LogP contribution in [-0.4, -0.2) is 61.5 Å². The maximum absolute atomic E-state index is 13.4. The van der Waals surface area contributed by atoms with E-state index in [9.17, 15) is 9.18 Å². The summed E-state index contributed by atoms with van der Waals surface area (Å²) in [6.45, 7) is 8.82. The van der Waals surface area contributed by atoms with E-state index in [2.05, 4.69) is 46.3 Å². The summed E-state index contributed by atoms with van der Waals surface area (Å²) >= 11 is 0. The number of anilines is 1. The molecule has 2 aliphatic rings. The van der Waals surface area contributed by atoms with Crippen molar-refractivity contribution in [3.8, 4) is 0 Å². The Labute approximate surface area is 191 Å². The van der Waals surface area contributed by atoms with Gasteiger partial charge >= 0.3 is 0 Å². The molecular formula is C26H35FN4O. The molecule has 0 saturated carbocycles. The van der Waals surface area contributed by atoms with E-state index in [0.717, 1.165) is 69.9 Å². The first kappa shape index (κ1) is 22.9. The number of hydrogen-bond acceptors (Lipinski definition) is 4. The summed E-state index contributed by atoms with van der Waals surface area (Å²) in [6.07, 6.45) is 1.69. The molecule has 0 unspecified atom stereocenters. The quantitative estimate of drug-likeness (QED) is 0.749. The van der Waals surface area contributed by atoms with Crippen LogP contribution in [0.25, 0.3) is 0 Å². The van der Waals surface area contributed by atoms with Gasteiger partial charge in [-0.3, -0.25) is 14.6 Å². The normalized spacial score (nSPS) is 20.9. The van der Waals surface area contributed by atoms with Gasteiger partial charge in [0.15, 0.2) is 0 Å². The van der Waals surface area contributed by atoms with Gasteiger partial charge in [0, 0.05) is 57.4 Å². The molecule has 4 rings (SSSR count). The summed E-state index contributed by atoms with van der Waals surface area (Å²) in [5.74, 6) is 0.0487. The van der Waals surface area contributed by atoms with Gasteiger partial charge in [0.1, 0.15) is 5.82 Å². The molecule has 2 saturated heterocycles. The molecule has 2 fully saturated rings. The van der Waals surface area contributed by atoms with Crippen LogP contribution in [0.4, 0.5) is 10.1 Å². The minimum absolute atomic E-state index is 0.0470. The second-order valence-corrected chi connectivity index (χ2v) is 9.33. The Hall–Kier alpha value is -2.28. The number of rotatable bonds is 6. The largest absolute Gasteiger partial charge is 0.315 e. The summed E-state index contributed by atoms with van der Waals surface area (Å²) in [4.78, 5) is 19.7. The van der Waals surface area contributed by atoms with Crippen LogP contribution in [0.2, 0.25) is 0 Å². The number of halogens is 1. The number of piperidine rings is 1. The van der Waals surface area contributed by atoms with Gasteiger partial charge in [-0.2, -0.15) is 0 Å². The van der Waals surface area contributed by atoms with Gasteiger partial charge in [0.05, 0.1) is 0 Å². The zero-order valence-electron chi connectivity index (χ0n) is 19.3. The third-order valence-corrected chi connectivity index (χ3v) is 6.75. The van der Waals surface area contributed by atoms with E-state index in [1.165, 1.54) is 11.6 Å². The van der Waals surface area contributed by atoms with Crippen molar-refractivity contribution in [2.75, 3.05) is 44.7 Å². The predicted molar refractivity (Wildman–Crippen MR) is 127 cm³/mol. The number of likely N-dealkylation sites (tertiary alicyclic amines) is 1. The zero-order chi connectivity index (χ0) is 22.5. The molecule has 1 N–H and O–H groups in total. The summed E-state index contributed by atoms with van der Waals surface area (Å²) in [7, 11) is 1.88. The average Bonchev–Trinajstić information content (AvgIpc) is 2.79. The number of nitrogens with one attached hydrogen (secondary N) is 1. The van der Waals surface area contributed by atoms with Crippen LogP contribution in [0.3, 0.4) is 0 Å². The van der Waals surface area contributed by atoms with Crippen molar-refractivity contribution >= 4 is 11.6 Å². The Morgan fingerprint density at radius 1 is 1.03 bits per heavy atom. The summed E-state index contributed by atoms with van der Waals surface area (Å²) in [5, 5.41) is 3.48. The fraction of sp³-hybridized carbons (Fsp3) is 0.500. The number of nitrogens with zero attached hydrogens (tertiary/aromatic N) is 3. The van der Waals surface area contributed by atoms with E-state index in [1.54, 1.807) is 12.1 Å². The Morgan fingerprint density at radius 3 is 2.44 bits per heavy atom. The van der Waals surface area contributed by atoms with Crippen LogP contribution in [0.5, 0.6) is 0 Å². The minimum atomic E-state index is -0.192. The van der Waals surface area contributed by atoms with Crippen molar-refractivity contribution in [3.05, 3.63) is 65.5 Å². The zero-order valence-corrected chi connectivity index (χ0v) is 19.3. The minimum Gasteiger partial charge on any atom is -0.315 e. The van der Waals surface area contributed by atoms with Crippen molar-refractivity contribution in [2.24, 2.45) is 5.92 Å². The molecule has 2 heterocycles. The van der Waals surface area contributed by atoms with Crippen LogP contribution in [-0.2, 0) is 17.9 Å². The molecule has 5 nitrogen and oxygen atoms in total. The van der Waals surface area contributed by atoms with Crippen LogP contribution in [0, 0.1) is 11.7 Å². The molecule has 2 aliphatic heterocycles. The van der Waals surface area contributed by atoms with Crippen LogP contribution < -0.4 is 10.2 Å². The SMILES string of the molecule is C[C@H]1CN(Cc2ccc(N(C)C(=O)C3CCN(Cc4cccc(F)c4)CC3)cc2)CCN1. The lowest BCUT2D eigenvalue weighted by atomic mass is 9.94. The summed E-state index contributed by atoms with van der Waals surface area (Å²) in [6, 6.07) is 15.7. The third-order valence-electron chi connectivity index (χ3n) is 6.75. The van der Waals surface area contributed by atoms with Crippen LogP contribution in [0.15, 0.2) is 48.5 Å². The van der Waals surface area contributed by atoms with Gasteiger partial charge < -0.3 is 10.2 Å². The first-order valence-electron chi connectivity index (χ1n) is 11.8.